The van der Waals surface area contributed by atoms with Gasteiger partial charge >= 0.3 is 0 Å². The van der Waals surface area contributed by atoms with Crippen LogP contribution in [0.1, 0.15) is 36.8 Å². The molecule has 1 aromatic carbocycles. The summed E-state index contributed by atoms with van der Waals surface area (Å²) in [5.74, 6) is 1.67. The second kappa shape index (κ2) is 4.04. The maximum Gasteiger partial charge on any atom is 0.136 e. The number of fused-ring (bicyclic) bond motifs is 1. The van der Waals surface area contributed by atoms with E-state index in [1.807, 2.05) is 0 Å². The Morgan fingerprint density at radius 2 is 1.75 bits per heavy atom. The quantitative estimate of drug-likeness (QED) is 0.752. The van der Waals surface area contributed by atoms with Gasteiger partial charge in [-0.3, -0.25) is 4.79 Å². The number of hydrogen-bond acceptors (Lipinski definition) is 1. The topological polar surface area (TPSA) is 17.1 Å². The van der Waals surface area contributed by atoms with E-state index in [1.165, 1.54) is 24.0 Å². The molecule has 84 valence electrons. The summed E-state index contributed by atoms with van der Waals surface area (Å²) in [6.07, 6.45) is 6.66. The van der Waals surface area contributed by atoms with Crippen LogP contribution in [-0.2, 0) is 17.6 Å². The lowest BCUT2D eigenvalue weighted by Gasteiger charge is -2.06. The zero-order valence-corrected chi connectivity index (χ0v) is 9.61. The molecule has 1 nitrogen and oxygen atoms in total. The SMILES string of the molecule is O=C(CCC1CC1)C1Cc2ccccc2C1. The normalized spacial score (nSPS) is 19.8. The summed E-state index contributed by atoms with van der Waals surface area (Å²) >= 11 is 0. The fourth-order valence-corrected chi connectivity index (χ4v) is 2.74. The molecule has 0 aliphatic heterocycles. The fourth-order valence-electron chi connectivity index (χ4n) is 2.74. The van der Waals surface area contributed by atoms with Crippen LogP contribution >= 0.6 is 0 Å². The molecule has 3 rings (SSSR count). The van der Waals surface area contributed by atoms with Crippen molar-refractivity contribution < 1.29 is 4.79 Å². The number of carbonyl (C=O) groups excluding carboxylic acids is 1. The predicted molar refractivity (Wildman–Crippen MR) is 64.3 cm³/mol. The summed E-state index contributed by atoms with van der Waals surface area (Å²) < 4.78 is 0. The summed E-state index contributed by atoms with van der Waals surface area (Å²) in [6, 6.07) is 8.50. The molecule has 0 bridgehead atoms. The Balaban J connectivity index is 1.59. The van der Waals surface area contributed by atoms with E-state index in [4.69, 9.17) is 0 Å². The van der Waals surface area contributed by atoms with Gasteiger partial charge in [-0.25, -0.2) is 0 Å². The molecule has 0 heterocycles. The van der Waals surface area contributed by atoms with Gasteiger partial charge in [0.05, 0.1) is 0 Å². The van der Waals surface area contributed by atoms with E-state index in [0.717, 1.165) is 31.6 Å². The van der Waals surface area contributed by atoms with Crippen LogP contribution in [0, 0.1) is 11.8 Å². The Labute approximate surface area is 96.9 Å². The third-order valence-electron chi connectivity index (χ3n) is 4.00. The van der Waals surface area contributed by atoms with Gasteiger partial charge in [0, 0.05) is 12.3 Å². The highest BCUT2D eigenvalue weighted by atomic mass is 16.1. The van der Waals surface area contributed by atoms with Crippen molar-refractivity contribution in [3.05, 3.63) is 35.4 Å². The highest BCUT2D eigenvalue weighted by molar-refractivity contribution is 5.82. The average Bonchev–Trinajstić information content (AvgIpc) is 3.02. The molecule has 0 spiro atoms. The van der Waals surface area contributed by atoms with Crippen LogP contribution in [0.2, 0.25) is 0 Å². The zero-order valence-electron chi connectivity index (χ0n) is 9.61. The van der Waals surface area contributed by atoms with Gasteiger partial charge in [-0.05, 0) is 36.3 Å². The fraction of sp³-hybridized carbons (Fsp3) is 0.533. The number of Topliss-reactive ketones (excluding diaryl/α,β-unsaturated/α-hetero) is 1. The van der Waals surface area contributed by atoms with E-state index >= 15 is 0 Å². The second-order valence-electron chi connectivity index (χ2n) is 5.32. The smallest absolute Gasteiger partial charge is 0.136 e. The van der Waals surface area contributed by atoms with Gasteiger partial charge in [-0.1, -0.05) is 37.1 Å². The van der Waals surface area contributed by atoms with Crippen molar-refractivity contribution in [2.45, 2.75) is 38.5 Å². The van der Waals surface area contributed by atoms with Gasteiger partial charge in [0.15, 0.2) is 0 Å². The van der Waals surface area contributed by atoms with Crippen LogP contribution in [0.3, 0.4) is 0 Å². The van der Waals surface area contributed by atoms with Crippen LogP contribution in [0.4, 0.5) is 0 Å². The van der Waals surface area contributed by atoms with E-state index in [9.17, 15) is 4.79 Å². The second-order valence-corrected chi connectivity index (χ2v) is 5.32. The van der Waals surface area contributed by atoms with Crippen LogP contribution < -0.4 is 0 Å². The minimum Gasteiger partial charge on any atom is -0.299 e. The van der Waals surface area contributed by atoms with Gasteiger partial charge in [0.25, 0.3) is 0 Å². The number of hydrogen-bond donors (Lipinski definition) is 0. The highest BCUT2D eigenvalue weighted by Gasteiger charge is 2.28. The molecule has 1 saturated carbocycles. The summed E-state index contributed by atoms with van der Waals surface area (Å²) in [7, 11) is 0. The molecule has 0 unspecified atom stereocenters. The van der Waals surface area contributed by atoms with Gasteiger partial charge < -0.3 is 0 Å². The van der Waals surface area contributed by atoms with Crippen LogP contribution in [0.25, 0.3) is 0 Å². The van der Waals surface area contributed by atoms with Gasteiger partial charge in [-0.15, -0.1) is 0 Å². The number of carbonyl (C=O) groups is 1. The molecular weight excluding hydrogens is 196 g/mol. The standard InChI is InChI=1S/C15H18O/c16-15(8-7-11-5-6-11)14-9-12-3-1-2-4-13(12)10-14/h1-4,11,14H,5-10H2. The lowest BCUT2D eigenvalue weighted by atomic mass is 9.96. The van der Waals surface area contributed by atoms with E-state index in [2.05, 4.69) is 24.3 Å². The predicted octanol–water partition coefficient (Wildman–Crippen LogP) is 3.16. The first-order valence-electron chi connectivity index (χ1n) is 6.42. The molecule has 0 atom stereocenters. The Bertz CT molecular complexity index is 379. The molecule has 0 saturated heterocycles. The van der Waals surface area contributed by atoms with Crippen LogP contribution in [-0.4, -0.2) is 5.78 Å². The summed E-state index contributed by atoms with van der Waals surface area (Å²) in [5, 5.41) is 0. The van der Waals surface area contributed by atoms with Crippen LogP contribution in [0.5, 0.6) is 0 Å². The molecule has 1 fully saturated rings. The van der Waals surface area contributed by atoms with Crippen LogP contribution in [0.15, 0.2) is 24.3 Å². The van der Waals surface area contributed by atoms with Gasteiger partial charge in [0.2, 0.25) is 0 Å². The Kier molecular flexibility index (Phi) is 2.55. The number of ketones is 1. The van der Waals surface area contributed by atoms with E-state index in [0.29, 0.717) is 5.78 Å². The molecule has 0 N–H and O–H groups in total. The van der Waals surface area contributed by atoms with Gasteiger partial charge in [0.1, 0.15) is 5.78 Å². The van der Waals surface area contributed by atoms with Crippen molar-refractivity contribution in [2.75, 3.05) is 0 Å². The minimum absolute atomic E-state index is 0.288. The minimum atomic E-state index is 0.288. The molecule has 2 aliphatic carbocycles. The highest BCUT2D eigenvalue weighted by Crippen LogP contribution is 2.35. The van der Waals surface area contributed by atoms with Crippen molar-refractivity contribution in [3.8, 4) is 0 Å². The lowest BCUT2D eigenvalue weighted by Crippen LogP contribution is -2.14. The molecule has 1 heteroatoms. The van der Waals surface area contributed by atoms with Crippen molar-refractivity contribution in [1.82, 2.24) is 0 Å². The van der Waals surface area contributed by atoms with E-state index in [-0.39, 0.29) is 5.92 Å². The van der Waals surface area contributed by atoms with E-state index < -0.39 is 0 Å². The summed E-state index contributed by atoms with van der Waals surface area (Å²) in [4.78, 5) is 12.0. The number of rotatable bonds is 4. The number of benzene rings is 1. The molecule has 1 aromatic rings. The Morgan fingerprint density at radius 3 is 2.31 bits per heavy atom. The van der Waals surface area contributed by atoms with Crippen molar-refractivity contribution in [3.63, 3.8) is 0 Å². The molecule has 0 radical (unpaired) electrons. The Hall–Kier alpha value is -1.11. The lowest BCUT2D eigenvalue weighted by molar-refractivity contribution is -0.122. The maximum absolute atomic E-state index is 12.0. The van der Waals surface area contributed by atoms with Crippen molar-refractivity contribution in [2.24, 2.45) is 11.8 Å². The maximum atomic E-state index is 12.0. The summed E-state index contributed by atoms with van der Waals surface area (Å²) in [5.41, 5.74) is 2.79. The first-order valence-corrected chi connectivity index (χ1v) is 6.42. The monoisotopic (exact) mass is 214 g/mol. The van der Waals surface area contributed by atoms with Gasteiger partial charge in [-0.2, -0.15) is 0 Å². The molecule has 2 aliphatic rings. The third-order valence-corrected chi connectivity index (χ3v) is 4.00. The third kappa shape index (κ3) is 2.04. The average molecular weight is 214 g/mol. The molecule has 0 amide bonds. The Morgan fingerprint density at radius 1 is 1.12 bits per heavy atom. The van der Waals surface area contributed by atoms with Crippen molar-refractivity contribution in [1.29, 1.82) is 0 Å². The van der Waals surface area contributed by atoms with E-state index in [1.54, 1.807) is 0 Å². The first-order chi connectivity index (χ1) is 7.83. The zero-order chi connectivity index (χ0) is 11.0. The molecule has 0 aromatic heterocycles. The largest absolute Gasteiger partial charge is 0.299 e. The first kappa shape index (κ1) is 10.1. The molecular formula is C15H18O. The van der Waals surface area contributed by atoms with Crippen molar-refractivity contribution >= 4 is 5.78 Å². The summed E-state index contributed by atoms with van der Waals surface area (Å²) in [6.45, 7) is 0. The molecule has 16 heavy (non-hydrogen) atoms.